The summed E-state index contributed by atoms with van der Waals surface area (Å²) in [6, 6.07) is 7.90. The molecular formula is C16H22ClN5. The van der Waals surface area contributed by atoms with E-state index in [1.807, 2.05) is 28.9 Å². The molecule has 0 spiro atoms. The van der Waals surface area contributed by atoms with Gasteiger partial charge >= 0.3 is 0 Å². The van der Waals surface area contributed by atoms with Crippen LogP contribution in [0.5, 0.6) is 0 Å². The molecule has 6 heteroatoms. The van der Waals surface area contributed by atoms with Gasteiger partial charge in [0.05, 0.1) is 13.1 Å². The zero-order valence-corrected chi connectivity index (χ0v) is 13.7. The van der Waals surface area contributed by atoms with Crippen LogP contribution in [0.2, 0.25) is 5.02 Å². The first-order valence-corrected chi connectivity index (χ1v) is 8.19. The summed E-state index contributed by atoms with van der Waals surface area (Å²) in [5.74, 6) is 1.00. The quantitative estimate of drug-likeness (QED) is 0.846. The maximum Gasteiger partial charge on any atom is 0.141 e. The van der Waals surface area contributed by atoms with Gasteiger partial charge in [-0.25, -0.2) is 9.67 Å². The Morgan fingerprint density at radius 2 is 1.77 bits per heavy atom. The molecule has 22 heavy (non-hydrogen) atoms. The number of piperazine rings is 1. The predicted octanol–water partition coefficient (Wildman–Crippen LogP) is 2.12. The fourth-order valence-electron chi connectivity index (χ4n) is 2.79. The van der Waals surface area contributed by atoms with Crippen molar-refractivity contribution in [2.24, 2.45) is 0 Å². The SMILES string of the molecule is CCN1CCN(Cc2ncnn2Cc2ccccc2Cl)CC1. The van der Waals surface area contributed by atoms with E-state index in [2.05, 4.69) is 26.8 Å². The van der Waals surface area contributed by atoms with E-state index >= 15 is 0 Å². The summed E-state index contributed by atoms with van der Waals surface area (Å²) in [5.41, 5.74) is 1.08. The number of halogens is 1. The van der Waals surface area contributed by atoms with Crippen molar-refractivity contribution in [3.05, 3.63) is 47.0 Å². The van der Waals surface area contributed by atoms with Crippen LogP contribution in [-0.2, 0) is 13.1 Å². The topological polar surface area (TPSA) is 37.2 Å². The van der Waals surface area contributed by atoms with E-state index < -0.39 is 0 Å². The van der Waals surface area contributed by atoms with Gasteiger partial charge in [0.1, 0.15) is 12.2 Å². The van der Waals surface area contributed by atoms with E-state index in [0.29, 0.717) is 6.54 Å². The number of nitrogens with zero attached hydrogens (tertiary/aromatic N) is 5. The van der Waals surface area contributed by atoms with Crippen molar-refractivity contribution in [3.8, 4) is 0 Å². The molecule has 0 saturated carbocycles. The summed E-state index contributed by atoms with van der Waals surface area (Å²) in [5, 5.41) is 5.14. The van der Waals surface area contributed by atoms with Crippen LogP contribution in [0.4, 0.5) is 0 Å². The highest BCUT2D eigenvalue weighted by Gasteiger charge is 2.18. The monoisotopic (exact) mass is 319 g/mol. The summed E-state index contributed by atoms with van der Waals surface area (Å²) in [6.07, 6.45) is 1.63. The van der Waals surface area contributed by atoms with Crippen molar-refractivity contribution in [3.63, 3.8) is 0 Å². The summed E-state index contributed by atoms with van der Waals surface area (Å²) >= 11 is 6.24. The molecule has 5 nitrogen and oxygen atoms in total. The van der Waals surface area contributed by atoms with Gasteiger partial charge < -0.3 is 4.90 Å². The molecule has 1 fully saturated rings. The van der Waals surface area contributed by atoms with Gasteiger partial charge in [0.2, 0.25) is 0 Å². The number of benzene rings is 1. The fraction of sp³-hybridized carbons (Fsp3) is 0.500. The minimum absolute atomic E-state index is 0.671. The first-order valence-electron chi connectivity index (χ1n) is 7.81. The van der Waals surface area contributed by atoms with Gasteiger partial charge in [0, 0.05) is 31.2 Å². The van der Waals surface area contributed by atoms with Crippen LogP contribution in [-0.4, -0.2) is 57.3 Å². The van der Waals surface area contributed by atoms with E-state index in [-0.39, 0.29) is 0 Å². The Labute approximate surface area is 136 Å². The Morgan fingerprint density at radius 3 is 2.50 bits per heavy atom. The second-order valence-corrected chi connectivity index (χ2v) is 6.04. The maximum absolute atomic E-state index is 6.24. The Morgan fingerprint density at radius 1 is 1.05 bits per heavy atom. The third-order valence-electron chi connectivity index (χ3n) is 4.25. The molecule has 3 rings (SSSR count). The maximum atomic E-state index is 6.24. The minimum Gasteiger partial charge on any atom is -0.301 e. The normalized spacial score (nSPS) is 17.0. The largest absolute Gasteiger partial charge is 0.301 e. The van der Waals surface area contributed by atoms with Crippen molar-refractivity contribution < 1.29 is 0 Å². The van der Waals surface area contributed by atoms with Gasteiger partial charge in [0.15, 0.2) is 0 Å². The molecule has 0 atom stereocenters. The number of hydrogen-bond donors (Lipinski definition) is 0. The molecule has 2 aromatic rings. The lowest BCUT2D eigenvalue weighted by Gasteiger charge is -2.33. The van der Waals surface area contributed by atoms with Crippen LogP contribution in [0.1, 0.15) is 18.3 Å². The second kappa shape index (κ2) is 7.22. The van der Waals surface area contributed by atoms with E-state index in [0.717, 1.165) is 55.7 Å². The second-order valence-electron chi connectivity index (χ2n) is 5.64. The lowest BCUT2D eigenvalue weighted by atomic mass is 10.2. The average Bonchev–Trinajstić information content (AvgIpc) is 2.97. The molecule has 1 aliphatic heterocycles. The lowest BCUT2D eigenvalue weighted by molar-refractivity contribution is 0.128. The Balaban J connectivity index is 1.64. The number of rotatable bonds is 5. The molecule has 0 amide bonds. The first kappa shape index (κ1) is 15.5. The zero-order chi connectivity index (χ0) is 15.4. The summed E-state index contributed by atoms with van der Waals surface area (Å²) < 4.78 is 1.95. The molecule has 1 aliphatic rings. The van der Waals surface area contributed by atoms with E-state index in [4.69, 9.17) is 11.6 Å². The summed E-state index contributed by atoms with van der Waals surface area (Å²) in [4.78, 5) is 9.35. The molecular weight excluding hydrogens is 298 g/mol. The number of aromatic nitrogens is 3. The predicted molar refractivity (Wildman–Crippen MR) is 88.0 cm³/mol. The van der Waals surface area contributed by atoms with Crippen LogP contribution >= 0.6 is 11.6 Å². The Hall–Kier alpha value is -1.43. The van der Waals surface area contributed by atoms with Gasteiger partial charge in [-0.15, -0.1) is 0 Å². The molecule has 2 heterocycles. The van der Waals surface area contributed by atoms with Crippen molar-refractivity contribution in [1.29, 1.82) is 0 Å². The van der Waals surface area contributed by atoms with E-state index in [1.54, 1.807) is 6.33 Å². The van der Waals surface area contributed by atoms with Crippen LogP contribution in [0, 0.1) is 0 Å². The Kier molecular flexibility index (Phi) is 5.08. The highest BCUT2D eigenvalue weighted by atomic mass is 35.5. The van der Waals surface area contributed by atoms with Crippen molar-refractivity contribution in [1.82, 2.24) is 24.6 Å². The van der Waals surface area contributed by atoms with Gasteiger partial charge in [0.25, 0.3) is 0 Å². The lowest BCUT2D eigenvalue weighted by Crippen LogP contribution is -2.45. The van der Waals surface area contributed by atoms with E-state index in [1.165, 1.54) is 0 Å². The number of likely N-dealkylation sites (N-methyl/N-ethyl adjacent to an activating group) is 1. The molecule has 0 aliphatic carbocycles. The zero-order valence-electron chi connectivity index (χ0n) is 13.0. The highest BCUT2D eigenvalue weighted by molar-refractivity contribution is 6.31. The Bertz CT molecular complexity index is 604. The molecule has 1 saturated heterocycles. The fourth-order valence-corrected chi connectivity index (χ4v) is 2.99. The molecule has 0 unspecified atom stereocenters. The molecule has 1 aromatic heterocycles. The van der Waals surface area contributed by atoms with Gasteiger partial charge in [-0.05, 0) is 18.2 Å². The molecule has 1 aromatic carbocycles. The van der Waals surface area contributed by atoms with Crippen LogP contribution in [0.15, 0.2) is 30.6 Å². The van der Waals surface area contributed by atoms with Crippen molar-refractivity contribution in [2.45, 2.75) is 20.0 Å². The molecule has 118 valence electrons. The van der Waals surface area contributed by atoms with Crippen LogP contribution < -0.4 is 0 Å². The number of hydrogen-bond acceptors (Lipinski definition) is 4. The van der Waals surface area contributed by atoms with Crippen LogP contribution in [0.25, 0.3) is 0 Å². The highest BCUT2D eigenvalue weighted by Crippen LogP contribution is 2.16. The smallest absolute Gasteiger partial charge is 0.141 e. The van der Waals surface area contributed by atoms with Gasteiger partial charge in [-0.3, -0.25) is 4.90 Å². The molecule has 0 bridgehead atoms. The molecule has 0 N–H and O–H groups in total. The van der Waals surface area contributed by atoms with E-state index in [9.17, 15) is 0 Å². The third-order valence-corrected chi connectivity index (χ3v) is 4.62. The standard InChI is InChI=1S/C16H22ClN5/c1-2-20-7-9-21(10-8-20)12-16-18-13-19-22(16)11-14-5-3-4-6-15(14)17/h3-6,13H,2,7-12H2,1H3. The van der Waals surface area contributed by atoms with Crippen LogP contribution in [0.3, 0.4) is 0 Å². The third kappa shape index (κ3) is 3.66. The van der Waals surface area contributed by atoms with Gasteiger partial charge in [-0.1, -0.05) is 36.7 Å². The molecule has 0 radical (unpaired) electrons. The minimum atomic E-state index is 0.671. The summed E-state index contributed by atoms with van der Waals surface area (Å²) in [7, 11) is 0. The summed E-state index contributed by atoms with van der Waals surface area (Å²) in [6.45, 7) is 9.32. The van der Waals surface area contributed by atoms with Crippen molar-refractivity contribution in [2.75, 3.05) is 32.7 Å². The van der Waals surface area contributed by atoms with Crippen molar-refractivity contribution >= 4 is 11.6 Å². The first-order chi connectivity index (χ1) is 10.8. The average molecular weight is 320 g/mol. The van der Waals surface area contributed by atoms with Gasteiger partial charge in [-0.2, -0.15) is 5.10 Å².